The molecule has 23 heavy (non-hydrogen) atoms. The fourth-order valence-electron chi connectivity index (χ4n) is 5.38. The summed E-state index contributed by atoms with van der Waals surface area (Å²) in [7, 11) is 0. The Hall–Kier alpha value is -1.43. The Balaban J connectivity index is 1.58. The van der Waals surface area contributed by atoms with Gasteiger partial charge in [0.25, 0.3) is 5.69 Å². The van der Waals surface area contributed by atoms with E-state index in [-0.39, 0.29) is 21.3 Å². The number of carbonyl (C=O) groups is 1. The molecule has 1 aromatic carbocycles. The van der Waals surface area contributed by atoms with Gasteiger partial charge in [-0.25, -0.2) is 0 Å². The number of rotatable bonds is 3. The molecule has 0 aromatic heterocycles. The highest BCUT2D eigenvalue weighted by molar-refractivity contribution is 9.10. The molecule has 0 saturated heterocycles. The van der Waals surface area contributed by atoms with Crippen LogP contribution in [0, 0.1) is 27.4 Å². The quantitative estimate of drug-likeness (QED) is 0.484. The smallest absolute Gasteiger partial charge is 0.271 e. The van der Waals surface area contributed by atoms with E-state index in [4.69, 9.17) is 0 Å². The minimum Gasteiger partial charge on any atom is -0.325 e. The molecular weight excluding hydrogens is 360 g/mol. The van der Waals surface area contributed by atoms with Crippen molar-refractivity contribution >= 4 is 33.2 Å². The summed E-state index contributed by atoms with van der Waals surface area (Å²) in [5.41, 5.74) is 0.215. The Morgan fingerprint density at radius 2 is 1.96 bits per heavy atom. The van der Waals surface area contributed by atoms with Crippen LogP contribution < -0.4 is 5.32 Å². The molecule has 1 N–H and O–H groups in total. The molecule has 4 bridgehead atoms. The first-order chi connectivity index (χ1) is 10.9. The molecule has 4 aliphatic carbocycles. The van der Waals surface area contributed by atoms with E-state index in [0.717, 1.165) is 19.3 Å². The molecule has 4 saturated carbocycles. The van der Waals surface area contributed by atoms with Gasteiger partial charge < -0.3 is 5.32 Å². The molecule has 1 aromatic rings. The molecule has 1 amide bonds. The lowest BCUT2D eigenvalue weighted by molar-refractivity contribution is -0.384. The van der Waals surface area contributed by atoms with Gasteiger partial charge in [-0.1, -0.05) is 22.0 Å². The van der Waals surface area contributed by atoms with Crippen LogP contribution in [0.3, 0.4) is 0 Å². The zero-order valence-electron chi connectivity index (χ0n) is 12.8. The highest BCUT2D eigenvalue weighted by Crippen LogP contribution is 2.64. The average Bonchev–Trinajstić information content (AvgIpc) is 2.44. The Morgan fingerprint density at radius 1 is 1.26 bits per heavy atom. The highest BCUT2D eigenvalue weighted by Gasteiger charge is 2.59. The summed E-state index contributed by atoms with van der Waals surface area (Å²) in [4.78, 5) is 23.4. The van der Waals surface area contributed by atoms with Crippen molar-refractivity contribution in [3.63, 3.8) is 0 Å². The monoisotopic (exact) mass is 378 g/mol. The summed E-state index contributed by atoms with van der Waals surface area (Å²) >= 11 is 3.91. The average molecular weight is 379 g/mol. The first-order valence-electron chi connectivity index (χ1n) is 8.12. The van der Waals surface area contributed by atoms with Crippen molar-refractivity contribution in [2.75, 3.05) is 5.32 Å². The van der Waals surface area contributed by atoms with Gasteiger partial charge in [-0.3, -0.25) is 14.9 Å². The van der Waals surface area contributed by atoms with Crippen molar-refractivity contribution in [1.29, 1.82) is 0 Å². The Kier molecular flexibility index (Phi) is 3.31. The van der Waals surface area contributed by atoms with Crippen LogP contribution in [0.25, 0.3) is 0 Å². The predicted octanol–water partition coefficient (Wildman–Crippen LogP) is 4.27. The molecule has 4 aliphatic rings. The largest absolute Gasteiger partial charge is 0.325 e. The zero-order valence-corrected chi connectivity index (χ0v) is 14.3. The summed E-state index contributed by atoms with van der Waals surface area (Å²) in [5, 5.41) is 13.8. The van der Waals surface area contributed by atoms with Gasteiger partial charge in [-0.2, -0.15) is 0 Å². The number of non-ortho nitro benzene ring substituents is 1. The second kappa shape index (κ2) is 5.03. The first-order valence-corrected chi connectivity index (χ1v) is 8.92. The molecule has 4 fully saturated rings. The molecule has 0 spiro atoms. The fraction of sp³-hybridized carbons (Fsp3) is 0.588. The van der Waals surface area contributed by atoms with E-state index < -0.39 is 4.92 Å². The third-order valence-electron chi connectivity index (χ3n) is 5.79. The van der Waals surface area contributed by atoms with Gasteiger partial charge in [-0.15, -0.1) is 0 Å². The van der Waals surface area contributed by atoms with Gasteiger partial charge in [0, 0.05) is 22.1 Å². The standard InChI is InChI=1S/C17H19BrN2O3/c18-17-8-11-4-12(9-17)7-16(6-11,10-17)15(21)19-13-2-1-3-14(5-13)20(22)23/h1-3,5,11-12H,4,6-10H2,(H,19,21)/t11-,12-,16?,17?/m1/s1. The number of halogens is 1. The molecule has 6 heteroatoms. The van der Waals surface area contributed by atoms with Crippen molar-refractivity contribution in [1.82, 2.24) is 0 Å². The number of anilines is 1. The van der Waals surface area contributed by atoms with Gasteiger partial charge >= 0.3 is 0 Å². The maximum absolute atomic E-state index is 13.0. The number of alkyl halides is 1. The molecule has 0 radical (unpaired) electrons. The third-order valence-corrected chi connectivity index (χ3v) is 6.71. The molecule has 0 unspecified atom stereocenters. The maximum atomic E-state index is 13.0. The number of hydrogen-bond donors (Lipinski definition) is 1. The van der Waals surface area contributed by atoms with E-state index >= 15 is 0 Å². The molecular formula is C17H19BrN2O3. The van der Waals surface area contributed by atoms with Crippen LogP contribution >= 0.6 is 15.9 Å². The van der Waals surface area contributed by atoms with E-state index in [2.05, 4.69) is 21.2 Å². The Morgan fingerprint density at radius 3 is 2.57 bits per heavy atom. The normalized spacial score (nSPS) is 37.6. The van der Waals surface area contributed by atoms with E-state index in [0.29, 0.717) is 17.5 Å². The van der Waals surface area contributed by atoms with Crippen LogP contribution in [0.15, 0.2) is 24.3 Å². The second-order valence-electron chi connectivity index (χ2n) is 7.65. The maximum Gasteiger partial charge on any atom is 0.271 e. The van der Waals surface area contributed by atoms with Crippen molar-refractivity contribution < 1.29 is 9.72 Å². The number of nitrogens with zero attached hydrogens (tertiary/aromatic N) is 1. The summed E-state index contributed by atoms with van der Waals surface area (Å²) in [5.74, 6) is 1.30. The Labute approximate surface area is 143 Å². The molecule has 5 nitrogen and oxygen atoms in total. The molecule has 0 heterocycles. The van der Waals surface area contributed by atoms with Crippen LogP contribution in [0.4, 0.5) is 11.4 Å². The molecule has 5 rings (SSSR count). The predicted molar refractivity (Wildman–Crippen MR) is 90.5 cm³/mol. The number of benzene rings is 1. The SMILES string of the molecule is O=C(Nc1cccc([N+](=O)[O-])c1)C12C[C@H]3C[C@@H](CC(Br)(C3)C1)C2. The van der Waals surface area contributed by atoms with Crippen LogP contribution in [-0.4, -0.2) is 15.2 Å². The number of amides is 1. The number of hydrogen-bond acceptors (Lipinski definition) is 3. The van der Waals surface area contributed by atoms with Gasteiger partial charge in [0.05, 0.1) is 10.3 Å². The van der Waals surface area contributed by atoms with Gasteiger partial charge in [0.1, 0.15) is 0 Å². The van der Waals surface area contributed by atoms with E-state index in [1.54, 1.807) is 12.1 Å². The lowest BCUT2D eigenvalue weighted by Gasteiger charge is -2.59. The molecule has 2 atom stereocenters. The summed E-state index contributed by atoms with van der Waals surface area (Å²) < 4.78 is 0.122. The third kappa shape index (κ3) is 2.57. The summed E-state index contributed by atoms with van der Waals surface area (Å²) in [6, 6.07) is 6.20. The van der Waals surface area contributed by atoms with Crippen molar-refractivity contribution in [3.05, 3.63) is 34.4 Å². The van der Waals surface area contributed by atoms with Crippen molar-refractivity contribution in [2.24, 2.45) is 17.3 Å². The molecule has 0 aliphatic heterocycles. The lowest BCUT2D eigenvalue weighted by Crippen LogP contribution is -2.57. The van der Waals surface area contributed by atoms with Crippen LogP contribution in [0.5, 0.6) is 0 Å². The number of nitrogens with one attached hydrogen (secondary N) is 1. The van der Waals surface area contributed by atoms with Crippen LogP contribution in [0.2, 0.25) is 0 Å². The van der Waals surface area contributed by atoms with E-state index in [1.807, 2.05) is 0 Å². The van der Waals surface area contributed by atoms with Gasteiger partial charge in [-0.05, 0) is 56.4 Å². The highest BCUT2D eigenvalue weighted by atomic mass is 79.9. The van der Waals surface area contributed by atoms with Crippen LogP contribution in [0.1, 0.15) is 38.5 Å². The zero-order chi connectivity index (χ0) is 16.2. The van der Waals surface area contributed by atoms with Crippen LogP contribution in [-0.2, 0) is 4.79 Å². The topological polar surface area (TPSA) is 72.2 Å². The van der Waals surface area contributed by atoms with E-state index in [1.165, 1.54) is 31.4 Å². The van der Waals surface area contributed by atoms with Crippen molar-refractivity contribution in [2.45, 2.75) is 42.8 Å². The number of carbonyl (C=O) groups excluding carboxylic acids is 1. The fourth-order valence-corrected chi connectivity index (χ4v) is 6.83. The minimum atomic E-state index is -0.437. The minimum absolute atomic E-state index is 0.00488. The van der Waals surface area contributed by atoms with Crippen molar-refractivity contribution in [3.8, 4) is 0 Å². The van der Waals surface area contributed by atoms with Gasteiger partial charge in [0.15, 0.2) is 0 Å². The number of nitro benzene ring substituents is 1. The summed E-state index contributed by atoms with van der Waals surface area (Å²) in [6.45, 7) is 0. The summed E-state index contributed by atoms with van der Waals surface area (Å²) in [6.07, 6.45) is 6.40. The lowest BCUT2D eigenvalue weighted by atomic mass is 9.49. The Bertz CT molecular complexity index is 676. The molecule has 122 valence electrons. The second-order valence-corrected chi connectivity index (χ2v) is 9.34. The van der Waals surface area contributed by atoms with E-state index in [9.17, 15) is 14.9 Å². The first kappa shape index (κ1) is 15.1. The number of nitro groups is 1. The van der Waals surface area contributed by atoms with Gasteiger partial charge in [0.2, 0.25) is 5.91 Å².